The van der Waals surface area contributed by atoms with Crippen LogP contribution in [0.4, 0.5) is 0 Å². The van der Waals surface area contributed by atoms with Gasteiger partial charge in [-0.3, -0.25) is 11.3 Å². The third-order valence-corrected chi connectivity index (χ3v) is 4.10. The molecule has 2 aromatic rings. The summed E-state index contributed by atoms with van der Waals surface area (Å²) in [6, 6.07) is 2.30. The molecule has 80 valence electrons. The summed E-state index contributed by atoms with van der Waals surface area (Å²) in [5.41, 5.74) is 7.11. The number of thiazole rings is 1. The zero-order valence-corrected chi connectivity index (χ0v) is 10.1. The van der Waals surface area contributed by atoms with Gasteiger partial charge in [-0.25, -0.2) is 4.98 Å². The van der Waals surface area contributed by atoms with E-state index in [1.807, 2.05) is 12.4 Å². The molecule has 2 heterocycles. The van der Waals surface area contributed by atoms with E-state index in [1.165, 1.54) is 10.4 Å². The van der Waals surface area contributed by atoms with Gasteiger partial charge >= 0.3 is 0 Å². The Balaban J connectivity index is 2.15. The molecule has 0 fully saturated rings. The molecule has 2 aromatic heterocycles. The van der Waals surface area contributed by atoms with Crippen molar-refractivity contribution < 1.29 is 0 Å². The number of nitrogens with two attached hydrogens (primary N) is 1. The lowest BCUT2D eigenvalue weighted by Gasteiger charge is -2.13. The first-order chi connectivity index (χ1) is 7.31. The van der Waals surface area contributed by atoms with Gasteiger partial charge in [-0.2, -0.15) is 11.3 Å². The summed E-state index contributed by atoms with van der Waals surface area (Å²) in [4.78, 5) is 5.47. The minimum Gasteiger partial charge on any atom is -0.271 e. The molecule has 3 nitrogen and oxygen atoms in total. The second-order valence-corrected chi connectivity index (χ2v) is 5.02. The lowest BCUT2D eigenvalue weighted by Crippen LogP contribution is -2.29. The van der Waals surface area contributed by atoms with E-state index in [1.54, 1.807) is 22.7 Å². The zero-order chi connectivity index (χ0) is 10.7. The van der Waals surface area contributed by atoms with Crippen LogP contribution < -0.4 is 11.3 Å². The van der Waals surface area contributed by atoms with Crippen molar-refractivity contribution in [2.45, 2.75) is 19.4 Å². The van der Waals surface area contributed by atoms with Gasteiger partial charge in [0.1, 0.15) is 0 Å². The van der Waals surface area contributed by atoms with E-state index in [2.05, 4.69) is 27.2 Å². The van der Waals surface area contributed by atoms with Gasteiger partial charge in [-0.1, -0.05) is 0 Å². The molecule has 5 heteroatoms. The van der Waals surface area contributed by atoms with Crippen LogP contribution in [-0.4, -0.2) is 4.98 Å². The number of hydrogen-bond donors (Lipinski definition) is 2. The fourth-order valence-corrected chi connectivity index (χ4v) is 3.06. The van der Waals surface area contributed by atoms with Crippen LogP contribution in [-0.2, 0) is 6.42 Å². The molecule has 0 saturated carbocycles. The number of aryl methyl sites for hydroxylation is 1. The van der Waals surface area contributed by atoms with Crippen molar-refractivity contribution in [2.75, 3.05) is 0 Å². The first-order valence-electron chi connectivity index (χ1n) is 4.68. The summed E-state index contributed by atoms with van der Waals surface area (Å²) in [5.74, 6) is 5.58. The highest BCUT2D eigenvalue weighted by Crippen LogP contribution is 2.25. The number of thiophene rings is 1. The zero-order valence-electron chi connectivity index (χ0n) is 8.43. The van der Waals surface area contributed by atoms with Crippen molar-refractivity contribution >= 4 is 22.7 Å². The first-order valence-corrected chi connectivity index (χ1v) is 6.50. The maximum atomic E-state index is 5.58. The Labute approximate surface area is 96.9 Å². The average molecular weight is 239 g/mol. The Morgan fingerprint density at radius 1 is 1.60 bits per heavy atom. The predicted octanol–water partition coefficient (Wildman–Crippen LogP) is 2.26. The van der Waals surface area contributed by atoms with Crippen LogP contribution >= 0.6 is 22.7 Å². The SMILES string of the molecule is Cc1ncsc1C(Cc1ccsc1)NN. The number of rotatable bonds is 4. The molecule has 15 heavy (non-hydrogen) atoms. The van der Waals surface area contributed by atoms with E-state index in [4.69, 9.17) is 5.84 Å². The Bertz CT molecular complexity index is 408. The van der Waals surface area contributed by atoms with E-state index in [-0.39, 0.29) is 6.04 Å². The van der Waals surface area contributed by atoms with Crippen LogP contribution in [0.5, 0.6) is 0 Å². The normalized spacial score (nSPS) is 12.9. The molecule has 0 amide bonds. The van der Waals surface area contributed by atoms with Gasteiger partial charge in [0.05, 0.1) is 17.2 Å². The number of hydrogen-bond acceptors (Lipinski definition) is 5. The largest absolute Gasteiger partial charge is 0.271 e. The average Bonchev–Trinajstić information content (AvgIpc) is 2.85. The van der Waals surface area contributed by atoms with Gasteiger partial charge in [-0.05, 0) is 35.7 Å². The van der Waals surface area contributed by atoms with Crippen LogP contribution in [0, 0.1) is 6.92 Å². The standard InChI is InChI=1S/C10H13N3S2/c1-7-10(15-6-12-7)9(13-11)4-8-2-3-14-5-8/h2-3,5-6,9,13H,4,11H2,1H3. The van der Waals surface area contributed by atoms with Gasteiger partial charge in [-0.15, -0.1) is 11.3 Å². The number of hydrazine groups is 1. The van der Waals surface area contributed by atoms with Gasteiger partial charge in [0, 0.05) is 4.88 Å². The minimum absolute atomic E-state index is 0.173. The summed E-state index contributed by atoms with van der Waals surface area (Å²) in [6.45, 7) is 2.02. The molecule has 0 aromatic carbocycles. The lowest BCUT2D eigenvalue weighted by molar-refractivity contribution is 0.558. The van der Waals surface area contributed by atoms with Gasteiger partial charge < -0.3 is 0 Å². The molecule has 1 unspecified atom stereocenters. The topological polar surface area (TPSA) is 50.9 Å². The van der Waals surface area contributed by atoms with Crippen LogP contribution in [0.15, 0.2) is 22.3 Å². The van der Waals surface area contributed by atoms with Crippen molar-refractivity contribution in [1.29, 1.82) is 0 Å². The molecular weight excluding hydrogens is 226 g/mol. The molecule has 0 bridgehead atoms. The Kier molecular flexibility index (Phi) is 3.48. The molecule has 0 aliphatic carbocycles. The molecule has 3 N–H and O–H groups in total. The van der Waals surface area contributed by atoms with Crippen molar-refractivity contribution in [1.82, 2.24) is 10.4 Å². The smallest absolute Gasteiger partial charge is 0.0798 e. The fraction of sp³-hybridized carbons (Fsp3) is 0.300. The summed E-state index contributed by atoms with van der Waals surface area (Å²) >= 11 is 3.37. The molecule has 1 atom stereocenters. The van der Waals surface area contributed by atoms with E-state index >= 15 is 0 Å². The van der Waals surface area contributed by atoms with Crippen LogP contribution in [0.2, 0.25) is 0 Å². The maximum absolute atomic E-state index is 5.58. The summed E-state index contributed by atoms with van der Waals surface area (Å²) in [5, 5.41) is 4.24. The molecule has 0 aliphatic rings. The van der Waals surface area contributed by atoms with Crippen molar-refractivity contribution in [2.24, 2.45) is 5.84 Å². The summed E-state index contributed by atoms with van der Waals surface area (Å²) in [7, 11) is 0. The lowest BCUT2D eigenvalue weighted by atomic mass is 10.1. The highest BCUT2D eigenvalue weighted by atomic mass is 32.1. The van der Waals surface area contributed by atoms with E-state index in [0.29, 0.717) is 0 Å². The quantitative estimate of drug-likeness (QED) is 0.635. The Hall–Kier alpha value is -0.750. The van der Waals surface area contributed by atoms with E-state index in [9.17, 15) is 0 Å². The third kappa shape index (κ3) is 2.43. The van der Waals surface area contributed by atoms with Crippen molar-refractivity contribution in [3.8, 4) is 0 Å². The molecule has 0 spiro atoms. The third-order valence-electron chi connectivity index (χ3n) is 2.32. The van der Waals surface area contributed by atoms with Crippen LogP contribution in [0.3, 0.4) is 0 Å². The minimum atomic E-state index is 0.173. The van der Waals surface area contributed by atoms with Crippen LogP contribution in [0.25, 0.3) is 0 Å². The summed E-state index contributed by atoms with van der Waals surface area (Å²) < 4.78 is 0. The van der Waals surface area contributed by atoms with Gasteiger partial charge in [0.15, 0.2) is 0 Å². The second-order valence-electron chi connectivity index (χ2n) is 3.36. The maximum Gasteiger partial charge on any atom is 0.0798 e. The van der Waals surface area contributed by atoms with E-state index in [0.717, 1.165) is 12.1 Å². The van der Waals surface area contributed by atoms with E-state index < -0.39 is 0 Å². The monoisotopic (exact) mass is 239 g/mol. The number of aromatic nitrogens is 1. The molecular formula is C10H13N3S2. The first kappa shape index (κ1) is 10.8. The van der Waals surface area contributed by atoms with Crippen molar-refractivity contribution in [3.63, 3.8) is 0 Å². The number of nitrogens with zero attached hydrogens (tertiary/aromatic N) is 1. The molecule has 2 rings (SSSR count). The summed E-state index contributed by atoms with van der Waals surface area (Å²) in [6.07, 6.45) is 0.920. The second kappa shape index (κ2) is 4.85. The molecule has 0 aliphatic heterocycles. The van der Waals surface area contributed by atoms with Gasteiger partial charge in [0.2, 0.25) is 0 Å². The predicted molar refractivity (Wildman–Crippen MR) is 64.9 cm³/mol. The van der Waals surface area contributed by atoms with Crippen LogP contribution in [0.1, 0.15) is 22.2 Å². The Morgan fingerprint density at radius 2 is 2.47 bits per heavy atom. The number of nitrogens with one attached hydrogen (secondary N) is 1. The Morgan fingerprint density at radius 3 is 3.00 bits per heavy atom. The highest BCUT2D eigenvalue weighted by molar-refractivity contribution is 7.09. The highest BCUT2D eigenvalue weighted by Gasteiger charge is 2.15. The molecule has 0 radical (unpaired) electrons. The fourth-order valence-electron chi connectivity index (χ4n) is 1.52. The van der Waals surface area contributed by atoms with Gasteiger partial charge in [0.25, 0.3) is 0 Å². The van der Waals surface area contributed by atoms with Crippen molar-refractivity contribution in [3.05, 3.63) is 38.5 Å². The molecule has 0 saturated heterocycles.